The van der Waals surface area contributed by atoms with Crippen LogP contribution in [-0.2, 0) is 12.0 Å². The fourth-order valence-corrected chi connectivity index (χ4v) is 4.16. The van der Waals surface area contributed by atoms with Crippen molar-refractivity contribution in [3.63, 3.8) is 0 Å². The molecular weight excluding hydrogens is 539 g/mol. The van der Waals surface area contributed by atoms with Crippen molar-refractivity contribution in [2.24, 2.45) is 4.99 Å². The molecule has 0 fully saturated rings. The summed E-state index contributed by atoms with van der Waals surface area (Å²) < 4.78 is 10.8. The number of hydrogen-bond acceptors (Lipinski definition) is 5. The quantitative estimate of drug-likeness (QED) is 0.126. The maximum atomic E-state index is 10.7. The van der Waals surface area contributed by atoms with Crippen LogP contribution in [0.15, 0.2) is 40.7 Å². The number of methoxy groups -OCH3 is 2. The zero-order valence-corrected chi connectivity index (χ0v) is 22.2. The first-order chi connectivity index (χ1) is 15.0. The zero-order chi connectivity index (χ0) is 22.3. The van der Waals surface area contributed by atoms with E-state index in [9.17, 15) is 5.11 Å². The largest absolute Gasteiger partial charge is 0.497 e. The monoisotopic (exact) mass is 572 g/mol. The third-order valence-electron chi connectivity index (χ3n) is 5.04. The molecule has 0 aliphatic rings. The maximum Gasteiger partial charge on any atom is 0.191 e. The molecule has 0 aliphatic carbocycles. The van der Waals surface area contributed by atoms with Crippen molar-refractivity contribution in [3.8, 4) is 11.5 Å². The topological polar surface area (TPSA) is 90.9 Å². The van der Waals surface area contributed by atoms with Crippen LogP contribution in [-0.4, -0.2) is 49.9 Å². The van der Waals surface area contributed by atoms with Crippen LogP contribution >= 0.6 is 35.3 Å². The molecule has 3 rings (SSSR count). The van der Waals surface area contributed by atoms with Gasteiger partial charge in [0.15, 0.2) is 5.96 Å². The Bertz CT molecular complexity index is 1000. The van der Waals surface area contributed by atoms with E-state index < -0.39 is 5.60 Å². The van der Waals surface area contributed by atoms with Crippen LogP contribution in [0.2, 0.25) is 0 Å². The number of ether oxygens (including phenoxy) is 2. The van der Waals surface area contributed by atoms with Crippen LogP contribution in [0.4, 0.5) is 0 Å². The third-order valence-corrected chi connectivity index (χ3v) is 6.16. The van der Waals surface area contributed by atoms with E-state index in [4.69, 9.17) is 9.47 Å². The number of fused-ring (bicyclic) bond motifs is 1. The first-order valence-electron chi connectivity index (χ1n) is 10.5. The highest BCUT2D eigenvalue weighted by Gasteiger charge is 2.24. The summed E-state index contributed by atoms with van der Waals surface area (Å²) in [4.78, 5) is 8.94. The Labute approximate surface area is 210 Å². The van der Waals surface area contributed by atoms with E-state index >= 15 is 0 Å². The lowest BCUT2D eigenvalue weighted by molar-refractivity contribution is 0.0711. The maximum absolute atomic E-state index is 10.7. The molecule has 2 heterocycles. The second kappa shape index (κ2) is 12.3. The lowest BCUT2D eigenvalue weighted by atomic mass is 10.1. The Morgan fingerprint density at radius 1 is 1.22 bits per heavy atom. The molecule has 0 spiro atoms. The molecule has 0 bridgehead atoms. The highest BCUT2D eigenvalue weighted by molar-refractivity contribution is 14.0. The lowest BCUT2D eigenvalue weighted by Crippen LogP contribution is -2.39. The normalized spacial score (nSPS) is 13.3. The molecule has 9 heteroatoms. The number of rotatable bonds is 10. The minimum Gasteiger partial charge on any atom is -0.497 e. The van der Waals surface area contributed by atoms with Gasteiger partial charge in [-0.05, 0) is 44.2 Å². The second-order valence-electron chi connectivity index (χ2n) is 7.56. The van der Waals surface area contributed by atoms with E-state index in [-0.39, 0.29) is 24.0 Å². The predicted octanol–water partition coefficient (Wildman–Crippen LogP) is 4.26. The van der Waals surface area contributed by atoms with E-state index in [1.807, 2.05) is 36.6 Å². The van der Waals surface area contributed by atoms with Crippen molar-refractivity contribution < 1.29 is 14.6 Å². The number of nitrogens with one attached hydrogen (secondary N) is 3. The van der Waals surface area contributed by atoms with Crippen LogP contribution in [0.5, 0.6) is 11.5 Å². The van der Waals surface area contributed by atoms with Gasteiger partial charge in [0.05, 0.1) is 26.3 Å². The fourth-order valence-electron chi connectivity index (χ4n) is 3.38. The van der Waals surface area contributed by atoms with Crippen LogP contribution in [0, 0.1) is 0 Å². The average molecular weight is 573 g/mol. The SMILES string of the molecule is CCNC(=NCC(C)(O)c1cccs1)NCCCc1cc2c(OC)cc(OC)cc2[nH]1.I. The number of guanidine groups is 1. The molecular formula is C23H33IN4O3S. The Kier molecular flexibility index (Phi) is 10.1. The van der Waals surface area contributed by atoms with Crippen LogP contribution < -0.4 is 20.1 Å². The molecule has 3 aromatic rings. The van der Waals surface area contributed by atoms with Gasteiger partial charge >= 0.3 is 0 Å². The molecule has 1 unspecified atom stereocenters. The van der Waals surface area contributed by atoms with Gasteiger partial charge in [-0.2, -0.15) is 0 Å². The molecule has 7 nitrogen and oxygen atoms in total. The molecule has 0 amide bonds. The Balaban J connectivity index is 0.00000363. The van der Waals surface area contributed by atoms with Gasteiger partial charge in [-0.25, -0.2) is 4.99 Å². The molecule has 32 heavy (non-hydrogen) atoms. The summed E-state index contributed by atoms with van der Waals surface area (Å²) in [7, 11) is 3.32. The standard InChI is InChI=1S/C23H32N4O3S.HI/c1-5-24-22(26-15-23(2,28)21-9-7-11-31-21)25-10-6-8-16-12-18-19(27-16)13-17(29-3)14-20(18)30-4;/h7,9,11-14,27-28H,5-6,8,10,15H2,1-4H3,(H2,24,25,26);1H. The number of benzene rings is 1. The molecule has 176 valence electrons. The van der Waals surface area contributed by atoms with Gasteiger partial charge in [0.1, 0.15) is 17.1 Å². The van der Waals surface area contributed by atoms with Crippen LogP contribution in [0.1, 0.15) is 30.8 Å². The minimum absolute atomic E-state index is 0. The van der Waals surface area contributed by atoms with Crippen LogP contribution in [0.25, 0.3) is 10.9 Å². The average Bonchev–Trinajstić information content (AvgIpc) is 3.44. The fraction of sp³-hybridized carbons (Fsp3) is 0.435. The van der Waals surface area contributed by atoms with Gasteiger partial charge in [0.25, 0.3) is 0 Å². The summed E-state index contributed by atoms with van der Waals surface area (Å²) in [6.45, 7) is 5.65. The van der Waals surface area contributed by atoms with Gasteiger partial charge in [-0.1, -0.05) is 6.07 Å². The molecule has 1 aromatic carbocycles. The number of nitrogens with zero attached hydrogens (tertiary/aromatic N) is 1. The van der Waals surface area contributed by atoms with Gasteiger partial charge in [-0.3, -0.25) is 0 Å². The molecule has 1 atom stereocenters. The highest BCUT2D eigenvalue weighted by atomic mass is 127. The van der Waals surface area contributed by atoms with Gasteiger partial charge < -0.3 is 30.2 Å². The van der Waals surface area contributed by atoms with Crippen molar-refractivity contribution >= 4 is 52.2 Å². The summed E-state index contributed by atoms with van der Waals surface area (Å²) in [6.07, 6.45) is 1.82. The second-order valence-corrected chi connectivity index (χ2v) is 8.51. The minimum atomic E-state index is -0.971. The van der Waals surface area contributed by atoms with Crippen molar-refractivity contribution in [2.75, 3.05) is 33.9 Å². The molecule has 0 radical (unpaired) electrons. The number of aromatic nitrogens is 1. The summed E-state index contributed by atoms with van der Waals surface area (Å²) >= 11 is 1.54. The van der Waals surface area contributed by atoms with Gasteiger partial charge in [-0.15, -0.1) is 35.3 Å². The van der Waals surface area contributed by atoms with Crippen molar-refractivity contribution in [1.82, 2.24) is 15.6 Å². The number of thiophene rings is 1. The van der Waals surface area contributed by atoms with Crippen LogP contribution in [0.3, 0.4) is 0 Å². The van der Waals surface area contributed by atoms with E-state index in [0.717, 1.165) is 58.9 Å². The first-order valence-corrected chi connectivity index (χ1v) is 11.4. The lowest BCUT2D eigenvalue weighted by Gasteiger charge is -2.20. The van der Waals surface area contributed by atoms with E-state index in [1.54, 1.807) is 32.5 Å². The molecule has 0 saturated carbocycles. The number of hydrogen-bond donors (Lipinski definition) is 4. The summed E-state index contributed by atoms with van der Waals surface area (Å²) in [6, 6.07) is 9.88. The first kappa shape index (κ1) is 26.3. The molecule has 0 saturated heterocycles. The third kappa shape index (κ3) is 6.76. The summed E-state index contributed by atoms with van der Waals surface area (Å²) in [5, 5.41) is 20.3. The predicted molar refractivity (Wildman–Crippen MR) is 143 cm³/mol. The zero-order valence-electron chi connectivity index (χ0n) is 19.0. The van der Waals surface area contributed by atoms with Crippen molar-refractivity contribution in [1.29, 1.82) is 0 Å². The number of aromatic amines is 1. The van der Waals surface area contributed by atoms with E-state index in [0.29, 0.717) is 12.5 Å². The van der Waals surface area contributed by atoms with Gasteiger partial charge in [0.2, 0.25) is 0 Å². The summed E-state index contributed by atoms with van der Waals surface area (Å²) in [5.74, 6) is 2.28. The van der Waals surface area contributed by atoms with Crippen molar-refractivity contribution in [2.45, 2.75) is 32.3 Å². The Morgan fingerprint density at radius 3 is 2.69 bits per heavy atom. The van der Waals surface area contributed by atoms with E-state index in [2.05, 4.69) is 26.7 Å². The van der Waals surface area contributed by atoms with Crippen molar-refractivity contribution in [3.05, 3.63) is 46.3 Å². The highest BCUT2D eigenvalue weighted by Crippen LogP contribution is 2.31. The number of aliphatic imine (C=N–C) groups is 1. The number of aryl methyl sites for hydroxylation is 1. The number of aliphatic hydroxyl groups is 1. The number of H-pyrrole nitrogens is 1. The van der Waals surface area contributed by atoms with E-state index in [1.165, 1.54) is 0 Å². The Morgan fingerprint density at radius 2 is 2.03 bits per heavy atom. The molecule has 0 aliphatic heterocycles. The number of halogens is 1. The summed E-state index contributed by atoms with van der Waals surface area (Å²) in [5.41, 5.74) is 1.18. The molecule has 4 N–H and O–H groups in total. The smallest absolute Gasteiger partial charge is 0.191 e. The van der Waals surface area contributed by atoms with Gasteiger partial charge in [0, 0.05) is 41.2 Å². The molecule has 2 aromatic heterocycles. The Hall–Kier alpha value is -1.98.